The van der Waals surface area contributed by atoms with Crippen LogP contribution in [0.25, 0.3) is 0 Å². The molecule has 26 heavy (non-hydrogen) atoms. The van der Waals surface area contributed by atoms with Crippen LogP contribution in [0.15, 0.2) is 48.5 Å². The topological polar surface area (TPSA) is 23.6 Å². The van der Waals surface area contributed by atoms with Gasteiger partial charge in [-0.25, -0.2) is 0 Å². The number of nitrogens with zero attached hydrogens (tertiary/aromatic N) is 2. The Kier molecular flexibility index (Phi) is 8.14. The van der Waals surface area contributed by atoms with Crippen LogP contribution in [0.1, 0.15) is 41.8 Å². The van der Waals surface area contributed by atoms with Gasteiger partial charge in [0.25, 0.3) is 5.91 Å². The van der Waals surface area contributed by atoms with Gasteiger partial charge in [0, 0.05) is 43.3 Å². The molecule has 2 aromatic rings. The van der Waals surface area contributed by atoms with Crippen LogP contribution in [0.3, 0.4) is 0 Å². The fourth-order valence-electron chi connectivity index (χ4n) is 2.92. The predicted octanol–water partition coefficient (Wildman–Crippen LogP) is 5.02. The van der Waals surface area contributed by atoms with Crippen LogP contribution in [-0.4, -0.2) is 41.9 Å². The normalized spacial score (nSPS) is 14.5. The molecule has 0 spiro atoms. The number of amides is 1. The quantitative estimate of drug-likeness (QED) is 0.754. The van der Waals surface area contributed by atoms with E-state index in [1.165, 1.54) is 12.0 Å². The summed E-state index contributed by atoms with van der Waals surface area (Å²) in [6.07, 6.45) is 1.25. The van der Waals surface area contributed by atoms with Crippen molar-refractivity contribution in [2.24, 2.45) is 0 Å². The van der Waals surface area contributed by atoms with E-state index in [0.717, 1.165) is 48.9 Å². The van der Waals surface area contributed by atoms with Crippen molar-refractivity contribution in [1.82, 2.24) is 9.80 Å². The van der Waals surface area contributed by atoms with Crippen LogP contribution in [-0.2, 0) is 6.54 Å². The van der Waals surface area contributed by atoms with Gasteiger partial charge in [-0.1, -0.05) is 61.7 Å². The Balaban J connectivity index is 0.000000758. The smallest absolute Gasteiger partial charge is 0.253 e. The lowest BCUT2D eigenvalue weighted by Crippen LogP contribution is -2.48. The van der Waals surface area contributed by atoms with Crippen LogP contribution in [0.2, 0.25) is 5.02 Å². The van der Waals surface area contributed by atoms with Gasteiger partial charge in [0.2, 0.25) is 0 Å². The molecule has 1 saturated heterocycles. The molecule has 1 aliphatic heterocycles. The Labute approximate surface area is 162 Å². The maximum absolute atomic E-state index is 12.5. The van der Waals surface area contributed by atoms with Gasteiger partial charge in [0.15, 0.2) is 0 Å². The van der Waals surface area contributed by atoms with Crippen molar-refractivity contribution < 1.29 is 4.79 Å². The Morgan fingerprint density at radius 3 is 2.19 bits per heavy atom. The van der Waals surface area contributed by atoms with Crippen molar-refractivity contribution in [3.8, 4) is 0 Å². The number of hydrogen-bond donors (Lipinski definition) is 0. The molecule has 0 unspecified atom stereocenters. The highest BCUT2D eigenvalue weighted by Crippen LogP contribution is 2.14. The van der Waals surface area contributed by atoms with Crippen LogP contribution in [0.4, 0.5) is 0 Å². The number of aryl methyl sites for hydroxylation is 1. The van der Waals surface area contributed by atoms with Crippen molar-refractivity contribution in [3.63, 3.8) is 0 Å². The molecule has 3 nitrogen and oxygen atoms in total. The molecule has 0 N–H and O–H groups in total. The zero-order chi connectivity index (χ0) is 18.9. The molecule has 140 valence electrons. The first-order valence-corrected chi connectivity index (χ1v) is 9.74. The molecule has 1 aliphatic rings. The fourth-order valence-corrected chi connectivity index (χ4v) is 3.04. The molecule has 0 aliphatic carbocycles. The third-order valence-electron chi connectivity index (χ3n) is 4.24. The Morgan fingerprint density at radius 2 is 1.62 bits per heavy atom. The zero-order valence-electron chi connectivity index (χ0n) is 16.0. The Bertz CT molecular complexity index is 692. The molecule has 2 aromatic carbocycles. The minimum absolute atomic E-state index is 0.139. The van der Waals surface area contributed by atoms with E-state index < -0.39 is 0 Å². The molecule has 3 rings (SSSR count). The van der Waals surface area contributed by atoms with Crippen molar-refractivity contribution in [2.45, 2.75) is 33.7 Å². The van der Waals surface area contributed by atoms with Gasteiger partial charge in [-0.2, -0.15) is 0 Å². The number of benzene rings is 2. The van der Waals surface area contributed by atoms with E-state index in [9.17, 15) is 4.79 Å². The van der Waals surface area contributed by atoms with Gasteiger partial charge >= 0.3 is 0 Å². The summed E-state index contributed by atoms with van der Waals surface area (Å²) in [6, 6.07) is 15.8. The molecular formula is C22H29ClN2O. The fraction of sp³-hybridized carbons (Fsp3) is 0.409. The van der Waals surface area contributed by atoms with E-state index in [1.54, 1.807) is 0 Å². The molecule has 0 bridgehead atoms. The summed E-state index contributed by atoms with van der Waals surface area (Å²) in [5, 5.41) is 0.766. The first-order valence-electron chi connectivity index (χ1n) is 9.36. The molecule has 4 heteroatoms. The highest BCUT2D eigenvalue weighted by Gasteiger charge is 2.22. The predicted molar refractivity (Wildman–Crippen MR) is 110 cm³/mol. The van der Waals surface area contributed by atoms with Crippen LogP contribution >= 0.6 is 11.6 Å². The summed E-state index contributed by atoms with van der Waals surface area (Å²) in [5.74, 6) is 0.139. The molecule has 0 aromatic heterocycles. The van der Waals surface area contributed by atoms with Crippen molar-refractivity contribution in [1.29, 1.82) is 0 Å². The van der Waals surface area contributed by atoms with E-state index in [0.29, 0.717) is 0 Å². The lowest BCUT2D eigenvalue weighted by Gasteiger charge is -2.34. The minimum Gasteiger partial charge on any atom is -0.336 e. The van der Waals surface area contributed by atoms with Gasteiger partial charge in [-0.05, 0) is 36.8 Å². The maximum atomic E-state index is 12.5. The Hall–Kier alpha value is -1.84. The van der Waals surface area contributed by atoms with E-state index in [4.69, 9.17) is 11.6 Å². The summed E-state index contributed by atoms with van der Waals surface area (Å²) < 4.78 is 0. The second kappa shape index (κ2) is 10.3. The largest absolute Gasteiger partial charge is 0.336 e. The van der Waals surface area contributed by atoms with Crippen molar-refractivity contribution >= 4 is 17.5 Å². The second-order valence-corrected chi connectivity index (χ2v) is 7.21. The third-order valence-corrected chi connectivity index (χ3v) is 4.50. The number of rotatable bonds is 3. The lowest BCUT2D eigenvalue weighted by atomic mass is 10.1. The average molecular weight is 373 g/mol. The number of piperazine rings is 1. The number of carbonyl (C=O) groups excluding carboxylic acids is 1. The minimum atomic E-state index is 0.139. The lowest BCUT2D eigenvalue weighted by molar-refractivity contribution is 0.0628. The number of halogens is 1. The van der Waals surface area contributed by atoms with Crippen LogP contribution in [0.5, 0.6) is 0 Å². The number of hydrogen-bond acceptors (Lipinski definition) is 2. The average Bonchev–Trinajstić information content (AvgIpc) is 2.64. The summed E-state index contributed by atoms with van der Waals surface area (Å²) >= 11 is 5.92. The van der Waals surface area contributed by atoms with Crippen LogP contribution in [0, 0.1) is 6.92 Å². The van der Waals surface area contributed by atoms with Gasteiger partial charge in [-0.15, -0.1) is 0 Å². The summed E-state index contributed by atoms with van der Waals surface area (Å²) in [7, 11) is 0. The first-order chi connectivity index (χ1) is 12.5. The Morgan fingerprint density at radius 1 is 1.00 bits per heavy atom. The summed E-state index contributed by atoms with van der Waals surface area (Å²) in [6.45, 7) is 10.5. The molecular weight excluding hydrogens is 344 g/mol. The van der Waals surface area contributed by atoms with Gasteiger partial charge in [0.05, 0.1) is 0 Å². The molecule has 0 saturated carbocycles. The molecule has 0 atom stereocenters. The molecule has 1 heterocycles. The standard InChI is InChI=1S/C19H21ClN2O.C3H8/c1-15-3-2-4-17(13-15)19(23)22-11-9-21(10-12-22)14-16-5-7-18(20)8-6-16;1-3-2/h2-8,13H,9-12,14H2,1H3;3H2,1-2H3. The maximum Gasteiger partial charge on any atom is 0.253 e. The number of carbonyl (C=O) groups is 1. The van der Waals surface area contributed by atoms with Gasteiger partial charge < -0.3 is 4.90 Å². The van der Waals surface area contributed by atoms with E-state index in [1.807, 2.05) is 48.2 Å². The summed E-state index contributed by atoms with van der Waals surface area (Å²) in [5.41, 5.74) is 3.17. The van der Waals surface area contributed by atoms with Crippen LogP contribution < -0.4 is 0 Å². The van der Waals surface area contributed by atoms with Crippen molar-refractivity contribution in [2.75, 3.05) is 26.2 Å². The van der Waals surface area contributed by atoms with E-state index >= 15 is 0 Å². The molecule has 1 fully saturated rings. The van der Waals surface area contributed by atoms with E-state index in [2.05, 4.69) is 30.9 Å². The molecule has 0 radical (unpaired) electrons. The zero-order valence-corrected chi connectivity index (χ0v) is 16.8. The highest BCUT2D eigenvalue weighted by atomic mass is 35.5. The SMILES string of the molecule is CCC.Cc1cccc(C(=O)N2CCN(Cc3ccc(Cl)cc3)CC2)c1. The monoisotopic (exact) mass is 372 g/mol. The van der Waals surface area contributed by atoms with Gasteiger partial charge in [0.1, 0.15) is 0 Å². The third kappa shape index (κ3) is 6.15. The van der Waals surface area contributed by atoms with E-state index in [-0.39, 0.29) is 5.91 Å². The molecule has 1 amide bonds. The summed E-state index contributed by atoms with van der Waals surface area (Å²) in [4.78, 5) is 16.9. The van der Waals surface area contributed by atoms with Gasteiger partial charge in [-0.3, -0.25) is 9.69 Å². The highest BCUT2D eigenvalue weighted by molar-refractivity contribution is 6.30. The second-order valence-electron chi connectivity index (χ2n) is 6.77. The van der Waals surface area contributed by atoms with Crippen molar-refractivity contribution in [3.05, 3.63) is 70.2 Å². The first kappa shape index (κ1) is 20.5.